The Bertz CT molecular complexity index is 136. The highest BCUT2D eigenvalue weighted by atomic mass is 31.0. The van der Waals surface area contributed by atoms with Gasteiger partial charge in [0, 0.05) is 19.4 Å². The largest absolute Gasteiger partial charge is 0.392 e. The van der Waals surface area contributed by atoms with Crippen LogP contribution in [-0.2, 0) is 0 Å². The Morgan fingerprint density at radius 2 is 2.50 bits per heavy atom. The third-order valence-corrected chi connectivity index (χ3v) is 2.36. The Labute approximate surface area is 64.1 Å². The molecular weight excluding hydrogens is 145 g/mol. The van der Waals surface area contributed by atoms with Crippen molar-refractivity contribution in [1.82, 2.24) is 4.90 Å². The van der Waals surface area contributed by atoms with Gasteiger partial charge in [-0.1, -0.05) is 6.08 Å². The molecule has 0 radical (unpaired) electrons. The van der Waals surface area contributed by atoms with Crippen molar-refractivity contribution >= 4 is 9.24 Å². The average Bonchev–Trinajstić information content (AvgIpc) is 2.05. The van der Waals surface area contributed by atoms with Gasteiger partial charge >= 0.3 is 0 Å². The first kappa shape index (κ1) is 8.19. The fourth-order valence-corrected chi connectivity index (χ4v) is 1.39. The van der Waals surface area contributed by atoms with Crippen LogP contribution in [0.3, 0.4) is 0 Å². The van der Waals surface area contributed by atoms with E-state index in [1.807, 2.05) is 0 Å². The summed E-state index contributed by atoms with van der Waals surface area (Å²) < 4.78 is 0. The number of hydrogen-bond acceptors (Lipinski definition) is 2. The molecule has 1 aliphatic heterocycles. The normalized spacial score (nSPS) is 20.8. The van der Waals surface area contributed by atoms with Crippen LogP contribution in [0, 0.1) is 0 Å². The molecule has 2 nitrogen and oxygen atoms in total. The van der Waals surface area contributed by atoms with E-state index in [2.05, 4.69) is 20.2 Å². The van der Waals surface area contributed by atoms with Crippen LogP contribution in [0.2, 0.25) is 0 Å². The first-order valence-corrected chi connectivity index (χ1v) is 4.39. The predicted molar refractivity (Wildman–Crippen MR) is 45.9 cm³/mol. The quantitative estimate of drug-likeness (QED) is 0.467. The van der Waals surface area contributed by atoms with Crippen molar-refractivity contribution < 1.29 is 5.11 Å². The van der Waals surface area contributed by atoms with E-state index in [0.29, 0.717) is 0 Å². The maximum absolute atomic E-state index is 8.76. The first-order chi connectivity index (χ1) is 4.86. The molecule has 1 N–H and O–H groups in total. The lowest BCUT2D eigenvalue weighted by atomic mass is 10.1. The van der Waals surface area contributed by atoms with Crippen LogP contribution in [0.5, 0.6) is 0 Å². The summed E-state index contributed by atoms with van der Waals surface area (Å²) in [6.07, 6.45) is 4.19. The second kappa shape index (κ2) is 4.07. The molecule has 1 aliphatic rings. The van der Waals surface area contributed by atoms with Crippen LogP contribution in [0.25, 0.3) is 0 Å². The molecule has 1 atom stereocenters. The summed E-state index contributed by atoms with van der Waals surface area (Å²) in [5.41, 5.74) is 1.19. The van der Waals surface area contributed by atoms with Gasteiger partial charge in [-0.2, -0.15) is 0 Å². The Morgan fingerprint density at radius 1 is 1.70 bits per heavy atom. The highest BCUT2D eigenvalue weighted by molar-refractivity contribution is 7.16. The molecule has 0 aromatic heterocycles. The molecular formula is C7H14NOP. The van der Waals surface area contributed by atoms with Crippen LogP contribution in [0.4, 0.5) is 0 Å². The van der Waals surface area contributed by atoms with Crippen molar-refractivity contribution in [1.29, 1.82) is 0 Å². The van der Waals surface area contributed by atoms with E-state index >= 15 is 0 Å². The topological polar surface area (TPSA) is 23.5 Å². The van der Waals surface area contributed by atoms with Crippen LogP contribution in [-0.4, -0.2) is 36.0 Å². The molecule has 0 bridgehead atoms. The Kier molecular flexibility index (Phi) is 3.33. The van der Waals surface area contributed by atoms with Gasteiger partial charge < -0.3 is 5.11 Å². The molecule has 0 aromatic carbocycles. The summed E-state index contributed by atoms with van der Waals surface area (Å²) in [6, 6.07) is 0. The molecule has 0 aliphatic carbocycles. The Hall–Kier alpha value is 0.0900. The van der Waals surface area contributed by atoms with Crippen LogP contribution < -0.4 is 0 Å². The van der Waals surface area contributed by atoms with Crippen LogP contribution >= 0.6 is 9.24 Å². The molecule has 10 heavy (non-hydrogen) atoms. The van der Waals surface area contributed by atoms with Crippen molar-refractivity contribution in [2.24, 2.45) is 0 Å². The van der Waals surface area contributed by atoms with E-state index in [9.17, 15) is 0 Å². The van der Waals surface area contributed by atoms with Gasteiger partial charge in [0.05, 0.1) is 6.61 Å². The average molecular weight is 159 g/mol. The molecule has 0 amide bonds. The van der Waals surface area contributed by atoms with Crippen molar-refractivity contribution in [2.45, 2.75) is 6.42 Å². The SMILES string of the molecule is OCC1=CCN(CP)CC1. The van der Waals surface area contributed by atoms with Gasteiger partial charge in [0.2, 0.25) is 0 Å². The standard InChI is InChI=1S/C7H14NOP/c9-5-7-1-3-8(6-10)4-2-7/h1,9H,2-6,10H2. The Morgan fingerprint density at radius 3 is 2.90 bits per heavy atom. The molecule has 58 valence electrons. The number of nitrogens with zero attached hydrogens (tertiary/aromatic N) is 1. The van der Waals surface area contributed by atoms with Crippen LogP contribution in [0.1, 0.15) is 6.42 Å². The van der Waals surface area contributed by atoms with E-state index in [-0.39, 0.29) is 6.61 Å². The lowest BCUT2D eigenvalue weighted by Gasteiger charge is -2.23. The van der Waals surface area contributed by atoms with Gasteiger partial charge in [-0.15, -0.1) is 9.24 Å². The van der Waals surface area contributed by atoms with Crippen molar-refractivity contribution in [3.8, 4) is 0 Å². The fourth-order valence-electron chi connectivity index (χ4n) is 1.06. The van der Waals surface area contributed by atoms with Crippen LogP contribution in [0.15, 0.2) is 11.6 Å². The lowest BCUT2D eigenvalue weighted by molar-refractivity contribution is 0.295. The zero-order chi connectivity index (χ0) is 7.40. The van der Waals surface area contributed by atoms with E-state index < -0.39 is 0 Å². The highest BCUT2D eigenvalue weighted by Crippen LogP contribution is 2.10. The second-order valence-corrected chi connectivity index (χ2v) is 2.90. The second-order valence-electron chi connectivity index (χ2n) is 2.53. The van der Waals surface area contributed by atoms with E-state index in [0.717, 1.165) is 25.8 Å². The molecule has 0 aromatic rings. The van der Waals surface area contributed by atoms with Gasteiger partial charge in [-0.3, -0.25) is 4.90 Å². The van der Waals surface area contributed by atoms with E-state index in [1.54, 1.807) is 0 Å². The summed E-state index contributed by atoms with van der Waals surface area (Å²) in [6.45, 7) is 2.33. The predicted octanol–water partition coefficient (Wildman–Crippen LogP) is 0.443. The minimum absolute atomic E-state index is 0.241. The summed E-state index contributed by atoms with van der Waals surface area (Å²) in [7, 11) is 2.71. The summed E-state index contributed by atoms with van der Waals surface area (Å²) >= 11 is 0. The van der Waals surface area contributed by atoms with Gasteiger partial charge in [0.15, 0.2) is 0 Å². The highest BCUT2D eigenvalue weighted by Gasteiger charge is 2.07. The van der Waals surface area contributed by atoms with Gasteiger partial charge in [-0.25, -0.2) is 0 Å². The maximum Gasteiger partial charge on any atom is 0.0642 e. The molecule has 1 unspecified atom stereocenters. The molecule has 0 spiro atoms. The van der Waals surface area contributed by atoms with E-state index in [4.69, 9.17) is 5.11 Å². The molecule has 3 heteroatoms. The zero-order valence-electron chi connectivity index (χ0n) is 6.08. The molecule has 0 saturated heterocycles. The maximum atomic E-state index is 8.76. The monoisotopic (exact) mass is 159 g/mol. The van der Waals surface area contributed by atoms with Gasteiger partial charge in [-0.05, 0) is 12.0 Å². The van der Waals surface area contributed by atoms with Gasteiger partial charge in [0.1, 0.15) is 0 Å². The summed E-state index contributed by atoms with van der Waals surface area (Å²) in [4.78, 5) is 2.32. The van der Waals surface area contributed by atoms with E-state index in [1.165, 1.54) is 5.57 Å². The van der Waals surface area contributed by atoms with Crippen molar-refractivity contribution in [2.75, 3.05) is 26.0 Å². The smallest absolute Gasteiger partial charge is 0.0642 e. The Balaban J connectivity index is 2.36. The first-order valence-electron chi connectivity index (χ1n) is 3.58. The number of rotatable bonds is 2. The number of aliphatic hydroxyl groups is 1. The minimum atomic E-state index is 0.241. The third-order valence-electron chi connectivity index (χ3n) is 1.85. The summed E-state index contributed by atoms with van der Waals surface area (Å²) in [5, 5.41) is 8.76. The lowest BCUT2D eigenvalue weighted by Crippen LogP contribution is -2.27. The molecule has 0 fully saturated rings. The third kappa shape index (κ3) is 2.05. The number of aliphatic hydroxyl groups excluding tert-OH is 1. The molecule has 1 heterocycles. The minimum Gasteiger partial charge on any atom is -0.392 e. The zero-order valence-corrected chi connectivity index (χ0v) is 7.24. The number of hydrogen-bond donors (Lipinski definition) is 1. The summed E-state index contributed by atoms with van der Waals surface area (Å²) in [5.74, 6) is 0. The van der Waals surface area contributed by atoms with Crippen molar-refractivity contribution in [3.05, 3.63) is 11.6 Å². The molecule has 1 rings (SSSR count). The molecule has 0 saturated carbocycles. The van der Waals surface area contributed by atoms with Crippen molar-refractivity contribution in [3.63, 3.8) is 0 Å². The fraction of sp³-hybridized carbons (Fsp3) is 0.714. The van der Waals surface area contributed by atoms with Gasteiger partial charge in [0.25, 0.3) is 0 Å².